The van der Waals surface area contributed by atoms with Crippen LogP contribution in [-0.4, -0.2) is 21.7 Å². The number of rotatable bonds is 3. The van der Waals surface area contributed by atoms with E-state index in [0.717, 1.165) is 36.1 Å². The second-order valence-corrected chi connectivity index (χ2v) is 5.06. The van der Waals surface area contributed by atoms with Crippen LogP contribution in [0.3, 0.4) is 0 Å². The zero-order valence-electron chi connectivity index (χ0n) is 10.2. The summed E-state index contributed by atoms with van der Waals surface area (Å²) < 4.78 is 0. The first kappa shape index (κ1) is 10.8. The molecule has 1 aliphatic carbocycles. The van der Waals surface area contributed by atoms with E-state index >= 15 is 0 Å². The number of aryl methyl sites for hydroxylation is 1. The number of aromatic amines is 1. The van der Waals surface area contributed by atoms with Crippen molar-refractivity contribution in [1.82, 2.24) is 9.97 Å². The molecule has 1 aromatic heterocycles. The Morgan fingerprint density at radius 3 is 2.82 bits per heavy atom. The van der Waals surface area contributed by atoms with Gasteiger partial charge >= 0.3 is 0 Å². The maximum absolute atomic E-state index is 9.59. The number of H-pyrrole nitrogens is 1. The third kappa shape index (κ3) is 1.57. The molecule has 0 atom stereocenters. The highest BCUT2D eigenvalue weighted by atomic mass is 16.3. The number of fused-ring (bicyclic) bond motifs is 1. The third-order valence-corrected chi connectivity index (χ3v) is 4.09. The quantitative estimate of drug-likeness (QED) is 0.851. The highest BCUT2D eigenvalue weighted by Crippen LogP contribution is 2.43. The van der Waals surface area contributed by atoms with Gasteiger partial charge in [0.15, 0.2) is 0 Å². The minimum atomic E-state index is 0.0195. The number of benzene rings is 1. The number of imidazole rings is 1. The molecule has 0 aliphatic heterocycles. The van der Waals surface area contributed by atoms with Crippen LogP contribution in [0.15, 0.2) is 18.2 Å². The second kappa shape index (κ2) is 3.84. The minimum absolute atomic E-state index is 0.0195. The predicted octanol–water partition coefficient (Wildman–Crippen LogP) is 2.54. The molecule has 0 unspecified atom stereocenters. The SMILES string of the molecule is CCc1nc2ccc(C3(CO)CCC3)cc2[nH]1. The molecule has 3 nitrogen and oxygen atoms in total. The van der Waals surface area contributed by atoms with Gasteiger partial charge in [-0.1, -0.05) is 19.4 Å². The molecule has 1 saturated carbocycles. The lowest BCUT2D eigenvalue weighted by Crippen LogP contribution is -2.37. The van der Waals surface area contributed by atoms with Gasteiger partial charge in [-0.05, 0) is 30.5 Å². The van der Waals surface area contributed by atoms with Gasteiger partial charge in [0.25, 0.3) is 0 Å². The van der Waals surface area contributed by atoms with E-state index in [1.807, 2.05) is 0 Å². The van der Waals surface area contributed by atoms with Crippen LogP contribution in [0.25, 0.3) is 11.0 Å². The average molecular weight is 230 g/mol. The first-order valence-corrected chi connectivity index (χ1v) is 6.37. The van der Waals surface area contributed by atoms with E-state index in [9.17, 15) is 5.11 Å². The Balaban J connectivity index is 2.06. The Bertz CT molecular complexity index is 535. The summed E-state index contributed by atoms with van der Waals surface area (Å²) in [5.41, 5.74) is 3.40. The molecule has 1 fully saturated rings. The van der Waals surface area contributed by atoms with Crippen molar-refractivity contribution in [3.8, 4) is 0 Å². The fourth-order valence-electron chi connectivity index (χ4n) is 2.70. The number of nitrogens with zero attached hydrogens (tertiary/aromatic N) is 1. The lowest BCUT2D eigenvalue weighted by molar-refractivity contribution is 0.120. The summed E-state index contributed by atoms with van der Waals surface area (Å²) in [4.78, 5) is 7.84. The highest BCUT2D eigenvalue weighted by Gasteiger charge is 2.38. The summed E-state index contributed by atoms with van der Waals surface area (Å²) >= 11 is 0. The fourth-order valence-corrected chi connectivity index (χ4v) is 2.70. The monoisotopic (exact) mass is 230 g/mol. The largest absolute Gasteiger partial charge is 0.395 e. The van der Waals surface area contributed by atoms with Crippen molar-refractivity contribution in [2.24, 2.45) is 0 Å². The van der Waals surface area contributed by atoms with Gasteiger partial charge in [-0.25, -0.2) is 4.98 Å². The van der Waals surface area contributed by atoms with E-state index in [1.54, 1.807) is 0 Å². The van der Waals surface area contributed by atoms with Crippen LogP contribution in [0.2, 0.25) is 0 Å². The van der Waals surface area contributed by atoms with Gasteiger partial charge in [-0.2, -0.15) is 0 Å². The Hall–Kier alpha value is -1.35. The first-order valence-electron chi connectivity index (χ1n) is 6.37. The molecule has 3 heteroatoms. The van der Waals surface area contributed by atoms with Gasteiger partial charge < -0.3 is 10.1 Å². The number of aromatic nitrogens is 2. The summed E-state index contributed by atoms with van der Waals surface area (Å²) in [5, 5.41) is 9.59. The Morgan fingerprint density at radius 1 is 1.41 bits per heavy atom. The van der Waals surface area contributed by atoms with Crippen molar-refractivity contribution in [2.75, 3.05) is 6.61 Å². The number of nitrogens with one attached hydrogen (secondary N) is 1. The number of hydrogen-bond acceptors (Lipinski definition) is 2. The molecular formula is C14H18N2O. The van der Waals surface area contributed by atoms with Crippen LogP contribution in [0, 0.1) is 0 Å². The van der Waals surface area contributed by atoms with Crippen molar-refractivity contribution in [3.63, 3.8) is 0 Å². The second-order valence-electron chi connectivity index (χ2n) is 5.06. The topological polar surface area (TPSA) is 48.9 Å². The molecule has 0 bridgehead atoms. The zero-order chi connectivity index (χ0) is 11.9. The Morgan fingerprint density at radius 2 is 2.24 bits per heavy atom. The molecule has 1 aromatic carbocycles. The molecule has 0 spiro atoms. The fraction of sp³-hybridized carbons (Fsp3) is 0.500. The lowest BCUT2D eigenvalue weighted by Gasteiger charge is -2.40. The normalized spacial score (nSPS) is 18.2. The Kier molecular flexibility index (Phi) is 2.44. The third-order valence-electron chi connectivity index (χ3n) is 4.09. The van der Waals surface area contributed by atoms with E-state index in [4.69, 9.17) is 0 Å². The molecule has 0 radical (unpaired) electrons. The maximum Gasteiger partial charge on any atom is 0.106 e. The summed E-state index contributed by atoms with van der Waals surface area (Å²) in [6, 6.07) is 6.35. The van der Waals surface area contributed by atoms with Crippen LogP contribution < -0.4 is 0 Å². The molecule has 17 heavy (non-hydrogen) atoms. The van der Waals surface area contributed by atoms with Gasteiger partial charge in [-0.15, -0.1) is 0 Å². The lowest BCUT2D eigenvalue weighted by atomic mass is 9.65. The first-order chi connectivity index (χ1) is 8.27. The van der Waals surface area contributed by atoms with Crippen molar-refractivity contribution >= 4 is 11.0 Å². The molecule has 1 heterocycles. The van der Waals surface area contributed by atoms with Crippen LogP contribution in [0.5, 0.6) is 0 Å². The van der Waals surface area contributed by atoms with Gasteiger partial charge in [0.2, 0.25) is 0 Å². The molecule has 0 amide bonds. The number of hydrogen-bond donors (Lipinski definition) is 2. The van der Waals surface area contributed by atoms with E-state index in [1.165, 1.54) is 12.0 Å². The van der Waals surface area contributed by atoms with Crippen LogP contribution >= 0.6 is 0 Å². The summed E-state index contributed by atoms with van der Waals surface area (Å²) in [6.07, 6.45) is 4.35. The highest BCUT2D eigenvalue weighted by molar-refractivity contribution is 5.76. The van der Waals surface area contributed by atoms with Crippen LogP contribution in [-0.2, 0) is 11.8 Å². The number of aliphatic hydroxyl groups excluding tert-OH is 1. The zero-order valence-corrected chi connectivity index (χ0v) is 10.2. The minimum Gasteiger partial charge on any atom is -0.395 e. The van der Waals surface area contributed by atoms with Crippen molar-refractivity contribution in [3.05, 3.63) is 29.6 Å². The molecule has 2 N–H and O–H groups in total. The van der Waals surface area contributed by atoms with E-state index in [2.05, 4.69) is 35.1 Å². The summed E-state index contributed by atoms with van der Waals surface area (Å²) in [6.45, 7) is 2.35. The van der Waals surface area contributed by atoms with Gasteiger partial charge in [0, 0.05) is 11.8 Å². The summed E-state index contributed by atoms with van der Waals surface area (Å²) in [7, 11) is 0. The van der Waals surface area contributed by atoms with Crippen molar-refractivity contribution in [1.29, 1.82) is 0 Å². The molecule has 2 aromatic rings. The van der Waals surface area contributed by atoms with Gasteiger partial charge in [0.05, 0.1) is 17.6 Å². The Labute approximate surface area is 101 Å². The maximum atomic E-state index is 9.59. The number of aliphatic hydroxyl groups is 1. The molecule has 90 valence electrons. The van der Waals surface area contributed by atoms with Crippen molar-refractivity contribution in [2.45, 2.75) is 38.0 Å². The molecular weight excluding hydrogens is 212 g/mol. The van der Waals surface area contributed by atoms with Crippen LogP contribution in [0.1, 0.15) is 37.6 Å². The molecule has 1 aliphatic rings. The van der Waals surface area contributed by atoms with Crippen LogP contribution in [0.4, 0.5) is 0 Å². The predicted molar refractivity (Wildman–Crippen MR) is 68.1 cm³/mol. The molecule has 0 saturated heterocycles. The van der Waals surface area contributed by atoms with E-state index < -0.39 is 0 Å². The molecule has 3 rings (SSSR count). The summed E-state index contributed by atoms with van der Waals surface area (Å²) in [5.74, 6) is 1.03. The van der Waals surface area contributed by atoms with E-state index in [0.29, 0.717) is 0 Å². The average Bonchev–Trinajstić information content (AvgIpc) is 2.70. The van der Waals surface area contributed by atoms with Gasteiger partial charge in [0.1, 0.15) is 5.82 Å². The standard InChI is InChI=1S/C14H18N2O/c1-2-13-15-11-5-4-10(8-12(11)16-13)14(9-17)6-3-7-14/h4-5,8,17H,2-3,6-7,9H2,1H3,(H,15,16). The van der Waals surface area contributed by atoms with E-state index in [-0.39, 0.29) is 12.0 Å². The van der Waals surface area contributed by atoms with Crippen molar-refractivity contribution < 1.29 is 5.11 Å². The smallest absolute Gasteiger partial charge is 0.106 e. The van der Waals surface area contributed by atoms with Gasteiger partial charge in [-0.3, -0.25) is 0 Å².